The third-order valence-electron chi connectivity index (χ3n) is 4.85. The Bertz CT molecular complexity index is 541. The van der Waals surface area contributed by atoms with Crippen LogP contribution in [-0.2, 0) is 6.54 Å². The van der Waals surface area contributed by atoms with Crippen LogP contribution in [0.3, 0.4) is 0 Å². The summed E-state index contributed by atoms with van der Waals surface area (Å²) >= 11 is 6.32. The number of nitrogens with one attached hydrogen (secondary N) is 1. The monoisotopic (exact) mass is 344 g/mol. The second-order valence-corrected chi connectivity index (χ2v) is 6.71. The van der Waals surface area contributed by atoms with Crippen LogP contribution in [0.1, 0.15) is 12.0 Å². The van der Waals surface area contributed by atoms with Crippen molar-refractivity contribution in [3.8, 4) is 11.5 Å². The number of nitrogens with zero attached hydrogens (tertiary/aromatic N) is 1. The van der Waals surface area contributed by atoms with Gasteiger partial charge in [0.25, 0.3) is 0 Å². The molecule has 1 aromatic carbocycles. The average molecular weight is 345 g/mol. The number of hydrogen-bond acceptors (Lipinski definition) is 4. The summed E-state index contributed by atoms with van der Waals surface area (Å²) in [7, 11) is 0. The molecule has 2 unspecified atom stereocenters. The molecule has 1 N–H and O–H groups in total. The van der Waals surface area contributed by atoms with E-state index in [2.05, 4.69) is 16.3 Å². The van der Waals surface area contributed by atoms with Crippen molar-refractivity contribution in [2.24, 2.45) is 11.8 Å². The second kappa shape index (κ2) is 6.83. The van der Waals surface area contributed by atoms with E-state index in [-0.39, 0.29) is 12.4 Å². The minimum atomic E-state index is 0. The van der Waals surface area contributed by atoms with Crippen molar-refractivity contribution in [2.75, 3.05) is 39.4 Å². The Labute approximate surface area is 142 Å². The molecule has 6 heteroatoms. The van der Waals surface area contributed by atoms with Crippen molar-refractivity contribution >= 4 is 24.0 Å². The first kappa shape index (κ1) is 16.2. The lowest BCUT2D eigenvalue weighted by Crippen LogP contribution is -2.39. The Kier molecular flexibility index (Phi) is 5.03. The SMILES string of the molecule is Cl.Clc1cc(CN2CCC3CNCC3C2)cc2c1OCCO2. The highest BCUT2D eigenvalue weighted by molar-refractivity contribution is 6.32. The van der Waals surface area contributed by atoms with Gasteiger partial charge in [0.2, 0.25) is 0 Å². The third kappa shape index (κ3) is 3.16. The first-order valence-corrected chi connectivity index (χ1v) is 8.18. The lowest BCUT2D eigenvalue weighted by molar-refractivity contribution is 0.141. The Morgan fingerprint density at radius 1 is 1.18 bits per heavy atom. The van der Waals surface area contributed by atoms with Crippen LogP contribution in [-0.4, -0.2) is 44.3 Å². The van der Waals surface area contributed by atoms with E-state index < -0.39 is 0 Å². The molecule has 3 heterocycles. The fourth-order valence-electron chi connectivity index (χ4n) is 3.77. The molecule has 0 saturated carbocycles. The standard InChI is InChI=1S/C16H21ClN2O2.ClH/c17-14-5-11(6-15-16(14)21-4-3-20-15)9-19-2-1-12-7-18-8-13(12)10-19;/h5-6,12-13,18H,1-4,7-10H2;1H. The van der Waals surface area contributed by atoms with Crippen LogP contribution in [0.15, 0.2) is 12.1 Å². The van der Waals surface area contributed by atoms with Gasteiger partial charge in [-0.1, -0.05) is 11.6 Å². The second-order valence-electron chi connectivity index (χ2n) is 6.30. The number of fused-ring (bicyclic) bond motifs is 2. The minimum Gasteiger partial charge on any atom is -0.486 e. The highest BCUT2D eigenvalue weighted by atomic mass is 35.5. The molecule has 122 valence electrons. The summed E-state index contributed by atoms with van der Waals surface area (Å²) < 4.78 is 11.2. The number of piperidine rings is 1. The molecule has 0 amide bonds. The minimum absolute atomic E-state index is 0. The van der Waals surface area contributed by atoms with Crippen LogP contribution in [0.2, 0.25) is 5.02 Å². The van der Waals surface area contributed by atoms with E-state index in [0.717, 1.165) is 24.1 Å². The van der Waals surface area contributed by atoms with Gasteiger partial charge in [-0.05, 0) is 55.6 Å². The van der Waals surface area contributed by atoms with Crippen LogP contribution in [0, 0.1) is 11.8 Å². The molecule has 0 radical (unpaired) electrons. The van der Waals surface area contributed by atoms with Gasteiger partial charge in [0, 0.05) is 13.1 Å². The molecule has 2 atom stereocenters. The Morgan fingerprint density at radius 2 is 2.00 bits per heavy atom. The maximum absolute atomic E-state index is 6.32. The van der Waals surface area contributed by atoms with Crippen LogP contribution in [0.25, 0.3) is 0 Å². The van der Waals surface area contributed by atoms with E-state index >= 15 is 0 Å². The first-order valence-electron chi connectivity index (χ1n) is 7.80. The van der Waals surface area contributed by atoms with Gasteiger partial charge in [-0.25, -0.2) is 0 Å². The summed E-state index contributed by atoms with van der Waals surface area (Å²) in [5.41, 5.74) is 1.22. The van der Waals surface area contributed by atoms with E-state index in [1.165, 1.54) is 38.2 Å². The summed E-state index contributed by atoms with van der Waals surface area (Å²) in [4.78, 5) is 2.54. The number of ether oxygens (including phenoxy) is 2. The lowest BCUT2D eigenvalue weighted by Gasteiger charge is -2.34. The fourth-order valence-corrected chi connectivity index (χ4v) is 4.06. The smallest absolute Gasteiger partial charge is 0.179 e. The van der Waals surface area contributed by atoms with Crippen molar-refractivity contribution in [1.82, 2.24) is 10.2 Å². The average Bonchev–Trinajstić information content (AvgIpc) is 2.95. The molecule has 2 saturated heterocycles. The molecule has 3 aliphatic heterocycles. The van der Waals surface area contributed by atoms with E-state index in [1.54, 1.807) is 0 Å². The molecule has 0 aliphatic carbocycles. The third-order valence-corrected chi connectivity index (χ3v) is 5.13. The predicted octanol–water partition coefficient (Wildman–Crippen LogP) is 2.57. The van der Waals surface area contributed by atoms with Crippen molar-refractivity contribution in [1.29, 1.82) is 0 Å². The largest absolute Gasteiger partial charge is 0.486 e. The van der Waals surface area contributed by atoms with Gasteiger partial charge in [0.05, 0.1) is 5.02 Å². The van der Waals surface area contributed by atoms with Gasteiger partial charge in [-0.2, -0.15) is 0 Å². The number of rotatable bonds is 2. The highest BCUT2D eigenvalue weighted by Gasteiger charge is 2.32. The van der Waals surface area contributed by atoms with E-state index in [9.17, 15) is 0 Å². The molecule has 1 aromatic rings. The van der Waals surface area contributed by atoms with E-state index in [1.807, 2.05) is 6.07 Å². The summed E-state index contributed by atoms with van der Waals surface area (Å²) in [5.74, 6) is 3.18. The molecule has 0 bridgehead atoms. The molecule has 4 rings (SSSR count). The van der Waals surface area contributed by atoms with Crippen molar-refractivity contribution in [3.05, 3.63) is 22.7 Å². The summed E-state index contributed by atoms with van der Waals surface area (Å²) in [5, 5.41) is 4.18. The van der Waals surface area contributed by atoms with Crippen molar-refractivity contribution in [2.45, 2.75) is 13.0 Å². The molecule has 4 nitrogen and oxygen atoms in total. The molecular weight excluding hydrogens is 323 g/mol. The summed E-state index contributed by atoms with van der Waals surface area (Å²) in [6.45, 7) is 6.86. The number of likely N-dealkylation sites (tertiary alicyclic amines) is 1. The maximum Gasteiger partial charge on any atom is 0.179 e. The Hall–Kier alpha value is -0.680. The Morgan fingerprint density at radius 3 is 2.91 bits per heavy atom. The number of halogens is 2. The zero-order chi connectivity index (χ0) is 14.2. The number of benzene rings is 1. The fraction of sp³-hybridized carbons (Fsp3) is 0.625. The highest BCUT2D eigenvalue weighted by Crippen LogP contribution is 2.39. The summed E-state index contributed by atoms with van der Waals surface area (Å²) in [6, 6.07) is 4.10. The van der Waals surface area contributed by atoms with Gasteiger partial charge in [0.1, 0.15) is 13.2 Å². The zero-order valence-electron chi connectivity index (χ0n) is 12.5. The van der Waals surface area contributed by atoms with Gasteiger partial charge in [-0.3, -0.25) is 4.90 Å². The molecular formula is C16H22Cl2N2O2. The molecule has 2 fully saturated rings. The quantitative estimate of drug-likeness (QED) is 0.893. The zero-order valence-corrected chi connectivity index (χ0v) is 14.1. The van der Waals surface area contributed by atoms with Gasteiger partial charge in [0.15, 0.2) is 11.5 Å². The van der Waals surface area contributed by atoms with E-state index in [4.69, 9.17) is 21.1 Å². The van der Waals surface area contributed by atoms with Crippen molar-refractivity contribution < 1.29 is 9.47 Å². The van der Waals surface area contributed by atoms with Crippen LogP contribution in [0.5, 0.6) is 11.5 Å². The van der Waals surface area contributed by atoms with E-state index in [0.29, 0.717) is 24.0 Å². The van der Waals surface area contributed by atoms with Crippen LogP contribution in [0.4, 0.5) is 0 Å². The number of hydrogen-bond donors (Lipinski definition) is 1. The van der Waals surface area contributed by atoms with Crippen LogP contribution >= 0.6 is 24.0 Å². The molecule has 0 aromatic heterocycles. The molecule has 0 spiro atoms. The predicted molar refractivity (Wildman–Crippen MR) is 89.4 cm³/mol. The molecule has 3 aliphatic rings. The van der Waals surface area contributed by atoms with Gasteiger partial charge < -0.3 is 14.8 Å². The summed E-state index contributed by atoms with van der Waals surface area (Å²) in [6.07, 6.45) is 1.30. The normalized spacial score (nSPS) is 27.1. The van der Waals surface area contributed by atoms with Crippen molar-refractivity contribution in [3.63, 3.8) is 0 Å². The maximum atomic E-state index is 6.32. The first-order chi connectivity index (χ1) is 10.3. The Balaban J connectivity index is 0.00000144. The van der Waals surface area contributed by atoms with Gasteiger partial charge >= 0.3 is 0 Å². The van der Waals surface area contributed by atoms with Gasteiger partial charge in [-0.15, -0.1) is 12.4 Å². The topological polar surface area (TPSA) is 33.7 Å². The lowest BCUT2D eigenvalue weighted by atomic mass is 9.88. The molecule has 22 heavy (non-hydrogen) atoms. The van der Waals surface area contributed by atoms with Crippen LogP contribution < -0.4 is 14.8 Å².